The van der Waals surface area contributed by atoms with Gasteiger partial charge in [0, 0.05) is 24.3 Å². The zero-order valence-corrected chi connectivity index (χ0v) is 19.6. The third-order valence-corrected chi connectivity index (χ3v) is 9.02. The van der Waals surface area contributed by atoms with Crippen molar-refractivity contribution in [2.45, 2.75) is 62.4 Å². The van der Waals surface area contributed by atoms with E-state index < -0.39 is 16.1 Å². The van der Waals surface area contributed by atoms with Crippen LogP contribution in [-0.2, 0) is 14.8 Å². The first-order chi connectivity index (χ1) is 15.9. The van der Waals surface area contributed by atoms with Crippen LogP contribution in [-0.4, -0.2) is 35.9 Å². The number of carbonyl (C=O) groups excluding carboxylic acids is 1. The number of amides is 1. The molecule has 0 radical (unpaired) electrons. The highest BCUT2D eigenvalue weighted by Crippen LogP contribution is 2.43. The van der Waals surface area contributed by atoms with Crippen molar-refractivity contribution in [2.24, 2.45) is 5.41 Å². The van der Waals surface area contributed by atoms with Crippen LogP contribution in [0.5, 0.6) is 0 Å². The van der Waals surface area contributed by atoms with Gasteiger partial charge >= 0.3 is 0 Å². The van der Waals surface area contributed by atoms with E-state index in [2.05, 4.69) is 15.6 Å². The van der Waals surface area contributed by atoms with Crippen molar-refractivity contribution < 1.29 is 13.2 Å². The molecule has 174 valence electrons. The molecule has 1 saturated carbocycles. The average molecular weight is 467 g/mol. The molecular weight excluding hydrogens is 436 g/mol. The van der Waals surface area contributed by atoms with Crippen LogP contribution in [0.25, 0.3) is 10.9 Å². The lowest BCUT2D eigenvalue weighted by Crippen LogP contribution is -2.42. The lowest BCUT2D eigenvalue weighted by molar-refractivity contribution is -0.123. The number of hydrogen-bond acceptors (Lipinski definition) is 5. The summed E-state index contributed by atoms with van der Waals surface area (Å²) >= 11 is 0. The van der Waals surface area contributed by atoms with Crippen molar-refractivity contribution in [1.29, 1.82) is 0 Å². The Labute approximate surface area is 194 Å². The maximum Gasteiger partial charge on any atom is 0.268 e. The van der Waals surface area contributed by atoms with Crippen LogP contribution in [0.1, 0.15) is 57.2 Å². The normalized spacial score (nSPS) is 21.3. The topological polar surface area (TPSA) is 93.1 Å². The van der Waals surface area contributed by atoms with Gasteiger partial charge < -0.3 is 10.6 Å². The SMILES string of the molecule is C[C@@H](NC(=O)[C@@H]1CC2(CCCCC2)CN1)c1cc2cnccc2n1S(=O)(=O)c1ccccc1. The Kier molecular flexibility index (Phi) is 5.74. The number of hydrogen-bond donors (Lipinski definition) is 2. The minimum Gasteiger partial charge on any atom is -0.347 e. The fraction of sp³-hybridized carbons (Fsp3) is 0.440. The summed E-state index contributed by atoms with van der Waals surface area (Å²) in [6, 6.07) is 11.1. The van der Waals surface area contributed by atoms with E-state index in [1.807, 2.05) is 6.92 Å². The van der Waals surface area contributed by atoms with Crippen molar-refractivity contribution in [3.8, 4) is 0 Å². The summed E-state index contributed by atoms with van der Waals surface area (Å²) in [5.74, 6) is -0.0722. The smallest absolute Gasteiger partial charge is 0.268 e. The number of carbonyl (C=O) groups is 1. The number of nitrogens with zero attached hydrogens (tertiary/aromatic N) is 2. The highest BCUT2D eigenvalue weighted by molar-refractivity contribution is 7.90. The molecule has 5 rings (SSSR count). The minimum absolute atomic E-state index is 0.0722. The van der Waals surface area contributed by atoms with Crippen molar-refractivity contribution in [2.75, 3.05) is 6.54 Å². The van der Waals surface area contributed by atoms with Gasteiger partial charge in [0.1, 0.15) is 0 Å². The number of aromatic nitrogens is 2. The van der Waals surface area contributed by atoms with Crippen molar-refractivity contribution >= 4 is 26.8 Å². The number of nitrogens with one attached hydrogen (secondary N) is 2. The van der Waals surface area contributed by atoms with E-state index in [0.29, 0.717) is 16.6 Å². The predicted octanol–water partition coefficient (Wildman–Crippen LogP) is 3.76. The summed E-state index contributed by atoms with van der Waals surface area (Å²) in [4.78, 5) is 17.5. The Morgan fingerprint density at radius 3 is 2.70 bits per heavy atom. The van der Waals surface area contributed by atoms with Crippen molar-refractivity contribution in [1.82, 2.24) is 19.6 Å². The third-order valence-electron chi connectivity index (χ3n) is 7.26. The van der Waals surface area contributed by atoms with Gasteiger partial charge in [-0.05, 0) is 55.9 Å². The molecule has 2 fully saturated rings. The van der Waals surface area contributed by atoms with Gasteiger partial charge in [0.2, 0.25) is 5.91 Å². The molecule has 1 aliphatic carbocycles. The van der Waals surface area contributed by atoms with Crippen molar-refractivity contribution in [3.05, 3.63) is 60.6 Å². The lowest BCUT2D eigenvalue weighted by Gasteiger charge is -2.32. The average Bonchev–Trinajstić information content (AvgIpc) is 3.42. The second-order valence-corrected chi connectivity index (χ2v) is 11.3. The summed E-state index contributed by atoms with van der Waals surface area (Å²) in [7, 11) is -3.85. The molecule has 2 atom stereocenters. The molecule has 1 aliphatic heterocycles. The van der Waals surface area contributed by atoms with E-state index in [0.717, 1.165) is 13.0 Å². The molecule has 1 spiro atoms. The molecule has 1 aromatic carbocycles. The van der Waals surface area contributed by atoms with Gasteiger partial charge in [-0.3, -0.25) is 9.78 Å². The highest BCUT2D eigenvalue weighted by atomic mass is 32.2. The predicted molar refractivity (Wildman–Crippen MR) is 127 cm³/mol. The molecule has 2 aliphatic rings. The zero-order chi connectivity index (χ0) is 23.1. The second-order valence-electron chi connectivity index (χ2n) is 9.51. The molecule has 3 heterocycles. The van der Waals surface area contributed by atoms with E-state index in [1.165, 1.54) is 36.1 Å². The number of benzene rings is 1. The second kappa shape index (κ2) is 8.57. The molecule has 0 bridgehead atoms. The van der Waals surface area contributed by atoms with E-state index >= 15 is 0 Å². The molecule has 2 N–H and O–H groups in total. The van der Waals surface area contributed by atoms with Crippen molar-refractivity contribution in [3.63, 3.8) is 0 Å². The Hall–Kier alpha value is -2.71. The van der Waals surface area contributed by atoms with E-state index in [-0.39, 0.29) is 22.3 Å². The zero-order valence-electron chi connectivity index (χ0n) is 18.8. The monoisotopic (exact) mass is 466 g/mol. The van der Waals surface area contributed by atoms with Gasteiger partial charge in [0.05, 0.1) is 28.2 Å². The molecule has 0 unspecified atom stereocenters. The molecule has 8 heteroatoms. The van der Waals surface area contributed by atoms with Gasteiger partial charge in [-0.2, -0.15) is 0 Å². The van der Waals surface area contributed by atoms with Gasteiger partial charge in [-0.15, -0.1) is 0 Å². The van der Waals surface area contributed by atoms with E-state index in [4.69, 9.17) is 0 Å². The number of pyridine rings is 1. The summed E-state index contributed by atoms with van der Waals surface area (Å²) in [5.41, 5.74) is 1.30. The molecule has 7 nitrogen and oxygen atoms in total. The maximum absolute atomic E-state index is 13.6. The van der Waals surface area contributed by atoms with Crippen LogP contribution in [0, 0.1) is 5.41 Å². The first-order valence-electron chi connectivity index (χ1n) is 11.7. The summed E-state index contributed by atoms with van der Waals surface area (Å²) in [6.45, 7) is 2.72. The molecule has 33 heavy (non-hydrogen) atoms. The summed E-state index contributed by atoms with van der Waals surface area (Å²) in [5, 5.41) is 7.22. The highest BCUT2D eigenvalue weighted by Gasteiger charge is 2.42. The van der Waals surface area contributed by atoms with Gasteiger partial charge in [-0.25, -0.2) is 12.4 Å². The van der Waals surface area contributed by atoms with Gasteiger partial charge in [0.25, 0.3) is 10.0 Å². The summed E-state index contributed by atoms with van der Waals surface area (Å²) in [6.07, 6.45) is 10.2. The molecular formula is C25H30N4O3S. The number of rotatable bonds is 5. The maximum atomic E-state index is 13.6. The first kappa shape index (κ1) is 22.1. The van der Waals surface area contributed by atoms with Gasteiger partial charge in [0.15, 0.2) is 0 Å². The van der Waals surface area contributed by atoms with Crippen LogP contribution in [0.2, 0.25) is 0 Å². The Bertz CT molecular complexity index is 1260. The lowest BCUT2D eigenvalue weighted by atomic mass is 9.72. The molecule has 2 aromatic heterocycles. The van der Waals surface area contributed by atoms with E-state index in [9.17, 15) is 13.2 Å². The van der Waals surface area contributed by atoms with Crippen LogP contribution in [0.15, 0.2) is 59.8 Å². The van der Waals surface area contributed by atoms with Gasteiger partial charge in [-0.1, -0.05) is 37.5 Å². The quantitative estimate of drug-likeness (QED) is 0.597. The Balaban J connectivity index is 1.44. The largest absolute Gasteiger partial charge is 0.347 e. The van der Waals surface area contributed by atoms with Crippen LogP contribution in [0.3, 0.4) is 0 Å². The Morgan fingerprint density at radius 1 is 1.18 bits per heavy atom. The van der Waals surface area contributed by atoms with Crippen LogP contribution >= 0.6 is 0 Å². The summed E-state index contributed by atoms with van der Waals surface area (Å²) < 4.78 is 28.5. The molecule has 1 amide bonds. The van der Waals surface area contributed by atoms with Crippen LogP contribution in [0.4, 0.5) is 0 Å². The fourth-order valence-electron chi connectivity index (χ4n) is 5.49. The third kappa shape index (κ3) is 4.06. The standard InChI is InChI=1S/C25H30N4O3S/c1-18(28-24(30)21-15-25(17-27-21)11-6-3-7-12-25)23-14-19-16-26-13-10-22(19)29(23)33(31,32)20-8-4-2-5-9-20/h2,4-5,8-10,13-14,16,18,21,27H,3,6-7,11-12,15,17H2,1H3,(H,28,30)/t18-,21+/m1/s1. The molecule has 1 saturated heterocycles. The Morgan fingerprint density at radius 2 is 1.94 bits per heavy atom. The number of fused-ring (bicyclic) bond motifs is 1. The first-order valence-corrected chi connectivity index (χ1v) is 13.1. The molecule has 3 aromatic rings. The fourth-order valence-corrected chi connectivity index (χ4v) is 7.12. The van der Waals surface area contributed by atoms with E-state index in [1.54, 1.807) is 54.9 Å². The minimum atomic E-state index is -3.85. The van der Waals surface area contributed by atoms with Crippen LogP contribution < -0.4 is 10.6 Å².